The number of thiocarbonyl (C=S) groups is 1. The van der Waals surface area contributed by atoms with Crippen LogP contribution in [0, 0.1) is 6.92 Å². The van der Waals surface area contributed by atoms with Gasteiger partial charge in [-0.25, -0.2) is 0 Å². The zero-order valence-corrected chi connectivity index (χ0v) is 15.2. The van der Waals surface area contributed by atoms with Crippen molar-refractivity contribution >= 4 is 28.2 Å². The number of benzene rings is 1. The molecule has 0 amide bonds. The van der Waals surface area contributed by atoms with E-state index in [4.69, 9.17) is 16.6 Å². The number of furan rings is 1. The molecule has 0 bridgehead atoms. The highest BCUT2D eigenvalue weighted by Gasteiger charge is 2.15. The first-order chi connectivity index (χ1) is 12.1. The summed E-state index contributed by atoms with van der Waals surface area (Å²) in [7, 11) is 0. The van der Waals surface area contributed by atoms with Crippen LogP contribution in [0.4, 0.5) is 0 Å². The van der Waals surface area contributed by atoms with Gasteiger partial charge in [-0.15, -0.1) is 0 Å². The quantitative estimate of drug-likeness (QED) is 0.688. The Morgan fingerprint density at radius 2 is 2.12 bits per heavy atom. The molecule has 0 fully saturated rings. The number of nitrogens with one attached hydrogen (secondary N) is 2. The lowest BCUT2D eigenvalue weighted by Gasteiger charge is -2.24. The van der Waals surface area contributed by atoms with Crippen LogP contribution in [0.5, 0.6) is 0 Å². The normalized spacial score (nSPS) is 10.8. The lowest BCUT2D eigenvalue weighted by atomic mass is 10.1. The number of aryl methyl sites for hydroxylation is 1. The molecule has 0 atom stereocenters. The molecule has 5 nitrogen and oxygen atoms in total. The number of hydrogen-bond acceptors (Lipinski definition) is 3. The summed E-state index contributed by atoms with van der Waals surface area (Å²) < 4.78 is 5.43. The topological polar surface area (TPSA) is 61.3 Å². The van der Waals surface area contributed by atoms with Crippen molar-refractivity contribution < 1.29 is 4.42 Å². The molecule has 3 rings (SSSR count). The third-order valence-corrected chi connectivity index (χ3v) is 4.47. The summed E-state index contributed by atoms with van der Waals surface area (Å²) in [5.74, 6) is 0.799. The van der Waals surface area contributed by atoms with Crippen LogP contribution in [0.25, 0.3) is 10.9 Å². The minimum absolute atomic E-state index is 0.0921. The van der Waals surface area contributed by atoms with E-state index in [1.54, 1.807) is 6.26 Å². The first kappa shape index (κ1) is 17.2. The fourth-order valence-corrected chi connectivity index (χ4v) is 3.08. The number of para-hydroxylation sites is 1. The van der Waals surface area contributed by atoms with Crippen LogP contribution in [-0.4, -0.2) is 21.5 Å². The van der Waals surface area contributed by atoms with Gasteiger partial charge in [0.15, 0.2) is 5.11 Å². The van der Waals surface area contributed by atoms with Crippen LogP contribution < -0.4 is 10.9 Å². The molecule has 0 saturated carbocycles. The Bertz CT molecular complexity index is 931. The van der Waals surface area contributed by atoms with Crippen LogP contribution in [0.15, 0.2) is 51.9 Å². The van der Waals surface area contributed by atoms with E-state index < -0.39 is 0 Å². The van der Waals surface area contributed by atoms with E-state index in [0.29, 0.717) is 23.8 Å². The van der Waals surface area contributed by atoms with Crippen molar-refractivity contribution in [2.45, 2.75) is 26.9 Å². The van der Waals surface area contributed by atoms with Gasteiger partial charge < -0.3 is 19.6 Å². The SMILES string of the molecule is CCNC(=S)N(Cc1ccco1)Cc1cc2cccc(C)c2[nH]c1=O. The molecular weight excluding hydrogens is 334 g/mol. The third kappa shape index (κ3) is 3.91. The Morgan fingerprint density at radius 1 is 1.28 bits per heavy atom. The van der Waals surface area contributed by atoms with E-state index >= 15 is 0 Å². The van der Waals surface area contributed by atoms with Gasteiger partial charge in [0.25, 0.3) is 5.56 Å². The summed E-state index contributed by atoms with van der Waals surface area (Å²) in [6, 6.07) is 11.7. The Labute approximate surface area is 151 Å². The number of pyridine rings is 1. The lowest BCUT2D eigenvalue weighted by Crippen LogP contribution is -2.39. The summed E-state index contributed by atoms with van der Waals surface area (Å²) in [5, 5.41) is 4.76. The van der Waals surface area contributed by atoms with Crippen LogP contribution in [-0.2, 0) is 13.1 Å². The second kappa shape index (κ2) is 7.53. The lowest BCUT2D eigenvalue weighted by molar-refractivity contribution is 0.351. The molecular formula is C19H21N3O2S. The van der Waals surface area contributed by atoms with Crippen molar-refractivity contribution in [2.75, 3.05) is 6.54 Å². The Hall–Kier alpha value is -2.60. The van der Waals surface area contributed by atoms with Crippen molar-refractivity contribution in [2.24, 2.45) is 0 Å². The van der Waals surface area contributed by atoms with Crippen LogP contribution in [0.3, 0.4) is 0 Å². The van der Waals surface area contributed by atoms with Gasteiger partial charge in [-0.3, -0.25) is 4.79 Å². The van der Waals surface area contributed by atoms with Crippen molar-refractivity contribution in [1.82, 2.24) is 15.2 Å². The molecule has 25 heavy (non-hydrogen) atoms. The predicted molar refractivity (Wildman–Crippen MR) is 104 cm³/mol. The smallest absolute Gasteiger partial charge is 0.253 e. The van der Waals surface area contributed by atoms with Crippen LogP contribution >= 0.6 is 12.2 Å². The van der Waals surface area contributed by atoms with E-state index in [2.05, 4.69) is 10.3 Å². The van der Waals surface area contributed by atoms with E-state index in [0.717, 1.165) is 28.8 Å². The first-order valence-electron chi connectivity index (χ1n) is 8.25. The first-order valence-corrected chi connectivity index (χ1v) is 8.66. The number of H-pyrrole nitrogens is 1. The van der Waals surface area contributed by atoms with Crippen LogP contribution in [0.1, 0.15) is 23.8 Å². The minimum atomic E-state index is -0.0921. The molecule has 3 aromatic rings. The monoisotopic (exact) mass is 355 g/mol. The maximum absolute atomic E-state index is 12.5. The average molecular weight is 355 g/mol. The average Bonchev–Trinajstić information content (AvgIpc) is 3.09. The molecule has 6 heteroatoms. The van der Waals surface area contributed by atoms with E-state index in [-0.39, 0.29) is 5.56 Å². The van der Waals surface area contributed by atoms with E-state index in [1.807, 2.05) is 55.1 Å². The largest absolute Gasteiger partial charge is 0.467 e. The van der Waals surface area contributed by atoms with Crippen molar-refractivity contribution in [3.8, 4) is 0 Å². The Kier molecular flexibility index (Phi) is 5.19. The molecule has 2 heterocycles. The molecule has 0 spiro atoms. The summed E-state index contributed by atoms with van der Waals surface area (Å²) in [4.78, 5) is 17.5. The second-order valence-electron chi connectivity index (χ2n) is 5.93. The maximum atomic E-state index is 12.5. The van der Waals surface area contributed by atoms with E-state index in [1.165, 1.54) is 0 Å². The van der Waals surface area contributed by atoms with Crippen molar-refractivity contribution in [3.63, 3.8) is 0 Å². The summed E-state index contributed by atoms with van der Waals surface area (Å²) in [6.45, 7) is 5.61. The minimum Gasteiger partial charge on any atom is -0.467 e. The number of aromatic amines is 1. The highest BCUT2D eigenvalue weighted by atomic mass is 32.1. The standard InChI is InChI=1S/C19H21N3O2S/c1-3-20-19(25)22(12-16-8-5-9-24-16)11-15-10-14-7-4-6-13(2)17(14)21-18(15)23/h4-10H,3,11-12H2,1-2H3,(H,20,25)(H,21,23). The molecule has 0 aliphatic heterocycles. The number of nitrogens with zero attached hydrogens (tertiary/aromatic N) is 1. The molecule has 2 aromatic heterocycles. The molecule has 0 unspecified atom stereocenters. The molecule has 0 radical (unpaired) electrons. The molecule has 2 N–H and O–H groups in total. The third-order valence-electron chi connectivity index (χ3n) is 4.07. The van der Waals surface area contributed by atoms with Gasteiger partial charge in [0.2, 0.25) is 0 Å². The predicted octanol–water partition coefficient (Wildman–Crippen LogP) is 3.33. The summed E-state index contributed by atoms with van der Waals surface area (Å²) >= 11 is 5.47. The fourth-order valence-electron chi connectivity index (χ4n) is 2.80. The van der Waals surface area contributed by atoms with Gasteiger partial charge in [0.05, 0.1) is 24.9 Å². The van der Waals surface area contributed by atoms with Gasteiger partial charge in [-0.1, -0.05) is 18.2 Å². The van der Waals surface area contributed by atoms with Gasteiger partial charge in [0, 0.05) is 12.1 Å². The summed E-state index contributed by atoms with van der Waals surface area (Å²) in [6.07, 6.45) is 1.63. The second-order valence-corrected chi connectivity index (χ2v) is 6.32. The highest BCUT2D eigenvalue weighted by Crippen LogP contribution is 2.16. The van der Waals surface area contributed by atoms with Crippen molar-refractivity contribution in [3.05, 3.63) is 69.9 Å². The van der Waals surface area contributed by atoms with Gasteiger partial charge >= 0.3 is 0 Å². The molecule has 1 aromatic carbocycles. The van der Waals surface area contributed by atoms with Gasteiger partial charge in [-0.2, -0.15) is 0 Å². The Balaban J connectivity index is 1.93. The maximum Gasteiger partial charge on any atom is 0.253 e. The molecule has 0 aliphatic rings. The Morgan fingerprint density at radius 3 is 2.84 bits per heavy atom. The highest BCUT2D eigenvalue weighted by molar-refractivity contribution is 7.80. The molecule has 0 saturated heterocycles. The van der Waals surface area contributed by atoms with Crippen molar-refractivity contribution in [1.29, 1.82) is 0 Å². The van der Waals surface area contributed by atoms with Gasteiger partial charge in [-0.05, 0) is 55.2 Å². The molecule has 130 valence electrons. The fraction of sp³-hybridized carbons (Fsp3) is 0.263. The van der Waals surface area contributed by atoms with Gasteiger partial charge in [0.1, 0.15) is 5.76 Å². The van der Waals surface area contributed by atoms with E-state index in [9.17, 15) is 4.79 Å². The zero-order valence-electron chi connectivity index (χ0n) is 14.3. The number of rotatable bonds is 5. The number of hydrogen-bond donors (Lipinski definition) is 2. The number of fused-ring (bicyclic) bond motifs is 1. The zero-order chi connectivity index (χ0) is 17.8. The number of aromatic nitrogens is 1. The van der Waals surface area contributed by atoms with Crippen LogP contribution in [0.2, 0.25) is 0 Å². The molecule has 0 aliphatic carbocycles. The summed E-state index contributed by atoms with van der Waals surface area (Å²) in [5.41, 5.74) is 2.51.